The SMILES string of the molecule is CCc1cccc(OCC(F)(F)F)c1N(Cc1ccn[nH]1)C(=O)CCl. The number of ether oxygens (including phenoxy) is 1. The van der Waals surface area contributed by atoms with Crippen LogP contribution in [0.3, 0.4) is 0 Å². The minimum Gasteiger partial charge on any atom is -0.482 e. The summed E-state index contributed by atoms with van der Waals surface area (Å²) in [5.41, 5.74) is 1.58. The maximum Gasteiger partial charge on any atom is 0.422 e. The van der Waals surface area contributed by atoms with E-state index in [-0.39, 0.29) is 23.9 Å². The number of H-pyrrole nitrogens is 1. The fourth-order valence-corrected chi connectivity index (χ4v) is 2.49. The molecule has 1 heterocycles. The number of halogens is 4. The van der Waals surface area contributed by atoms with E-state index >= 15 is 0 Å². The van der Waals surface area contributed by atoms with E-state index in [1.165, 1.54) is 17.2 Å². The van der Waals surface area contributed by atoms with Gasteiger partial charge in [-0.05, 0) is 24.1 Å². The number of alkyl halides is 4. The average molecular weight is 376 g/mol. The van der Waals surface area contributed by atoms with E-state index in [1.54, 1.807) is 18.2 Å². The molecule has 25 heavy (non-hydrogen) atoms. The number of carbonyl (C=O) groups is 1. The summed E-state index contributed by atoms with van der Waals surface area (Å²) in [4.78, 5) is 13.7. The molecule has 136 valence electrons. The number of hydrogen-bond donors (Lipinski definition) is 1. The highest BCUT2D eigenvalue weighted by Gasteiger charge is 2.30. The highest BCUT2D eigenvalue weighted by Crippen LogP contribution is 2.35. The summed E-state index contributed by atoms with van der Waals surface area (Å²) in [5, 5.41) is 6.53. The first-order valence-electron chi connectivity index (χ1n) is 7.51. The lowest BCUT2D eigenvalue weighted by Gasteiger charge is -2.26. The minimum atomic E-state index is -4.48. The predicted molar refractivity (Wildman–Crippen MR) is 87.9 cm³/mol. The van der Waals surface area contributed by atoms with Crippen molar-refractivity contribution in [1.82, 2.24) is 10.2 Å². The molecule has 2 aromatic rings. The Bertz CT molecular complexity index is 705. The normalized spacial score (nSPS) is 11.4. The van der Waals surface area contributed by atoms with Crippen LogP contribution >= 0.6 is 11.6 Å². The number of nitrogens with one attached hydrogen (secondary N) is 1. The zero-order valence-electron chi connectivity index (χ0n) is 13.4. The fourth-order valence-electron chi connectivity index (χ4n) is 2.34. The Hall–Kier alpha value is -2.22. The maximum absolute atomic E-state index is 12.5. The van der Waals surface area contributed by atoms with Gasteiger partial charge in [-0.2, -0.15) is 18.3 Å². The Balaban J connectivity index is 2.44. The van der Waals surface area contributed by atoms with Crippen molar-refractivity contribution in [1.29, 1.82) is 0 Å². The zero-order valence-corrected chi connectivity index (χ0v) is 14.2. The molecule has 1 N–H and O–H groups in total. The molecule has 1 aromatic carbocycles. The summed E-state index contributed by atoms with van der Waals surface area (Å²) in [6.07, 6.45) is -2.46. The van der Waals surface area contributed by atoms with Gasteiger partial charge in [0.25, 0.3) is 0 Å². The topological polar surface area (TPSA) is 58.2 Å². The molecule has 0 saturated heterocycles. The lowest BCUT2D eigenvalue weighted by atomic mass is 10.1. The first kappa shape index (κ1) is 19.1. The van der Waals surface area contributed by atoms with Crippen molar-refractivity contribution < 1.29 is 22.7 Å². The van der Waals surface area contributed by atoms with Crippen molar-refractivity contribution in [2.75, 3.05) is 17.4 Å². The monoisotopic (exact) mass is 375 g/mol. The van der Waals surface area contributed by atoms with Gasteiger partial charge >= 0.3 is 6.18 Å². The highest BCUT2D eigenvalue weighted by atomic mass is 35.5. The summed E-state index contributed by atoms with van der Waals surface area (Å²) >= 11 is 5.70. The summed E-state index contributed by atoms with van der Waals surface area (Å²) < 4.78 is 42.6. The summed E-state index contributed by atoms with van der Waals surface area (Å²) in [5.74, 6) is -0.783. The molecular weight excluding hydrogens is 359 g/mol. The van der Waals surface area contributed by atoms with Crippen molar-refractivity contribution >= 4 is 23.2 Å². The largest absolute Gasteiger partial charge is 0.482 e. The van der Waals surface area contributed by atoms with E-state index in [2.05, 4.69) is 10.2 Å². The van der Waals surface area contributed by atoms with Gasteiger partial charge in [-0.25, -0.2) is 0 Å². The number of benzene rings is 1. The van der Waals surface area contributed by atoms with Crippen LogP contribution in [0.4, 0.5) is 18.9 Å². The average Bonchev–Trinajstić information content (AvgIpc) is 3.09. The van der Waals surface area contributed by atoms with Crippen LogP contribution in [0.2, 0.25) is 0 Å². The van der Waals surface area contributed by atoms with Crippen LogP contribution in [-0.2, 0) is 17.8 Å². The second kappa shape index (κ2) is 8.24. The third kappa shape index (κ3) is 5.12. The maximum atomic E-state index is 12.5. The number of amides is 1. The molecule has 0 atom stereocenters. The van der Waals surface area contributed by atoms with Crippen molar-refractivity contribution in [3.05, 3.63) is 41.7 Å². The Labute approximate surface area is 147 Å². The van der Waals surface area contributed by atoms with Crippen LogP contribution in [0.1, 0.15) is 18.2 Å². The number of para-hydroxylation sites is 1. The number of anilines is 1. The van der Waals surface area contributed by atoms with E-state index in [0.29, 0.717) is 17.7 Å². The van der Waals surface area contributed by atoms with E-state index < -0.39 is 18.7 Å². The van der Waals surface area contributed by atoms with Gasteiger partial charge in [0.15, 0.2) is 6.61 Å². The molecule has 0 aliphatic rings. The Morgan fingerprint density at radius 3 is 2.68 bits per heavy atom. The van der Waals surface area contributed by atoms with E-state index in [9.17, 15) is 18.0 Å². The van der Waals surface area contributed by atoms with Crippen molar-refractivity contribution in [3.63, 3.8) is 0 Å². The molecule has 0 aliphatic carbocycles. The number of aryl methyl sites for hydroxylation is 1. The van der Waals surface area contributed by atoms with E-state index in [4.69, 9.17) is 16.3 Å². The molecule has 0 aliphatic heterocycles. The van der Waals surface area contributed by atoms with Crippen LogP contribution in [-0.4, -0.2) is 34.8 Å². The van der Waals surface area contributed by atoms with Crippen molar-refractivity contribution in [3.8, 4) is 5.75 Å². The molecule has 0 bridgehead atoms. The van der Waals surface area contributed by atoms with Gasteiger partial charge in [-0.1, -0.05) is 19.1 Å². The molecule has 0 radical (unpaired) electrons. The molecule has 0 saturated carbocycles. The van der Waals surface area contributed by atoms with Crippen LogP contribution in [0.25, 0.3) is 0 Å². The van der Waals surface area contributed by atoms with Gasteiger partial charge in [0.1, 0.15) is 11.6 Å². The molecule has 9 heteroatoms. The third-order valence-corrected chi connectivity index (χ3v) is 3.66. The van der Waals surface area contributed by atoms with E-state index in [0.717, 1.165) is 0 Å². The van der Waals surface area contributed by atoms with E-state index in [1.807, 2.05) is 6.92 Å². The number of nitrogens with zero attached hydrogens (tertiary/aromatic N) is 2. The number of carbonyl (C=O) groups excluding carboxylic acids is 1. The van der Waals surface area contributed by atoms with Crippen LogP contribution in [0.5, 0.6) is 5.75 Å². The van der Waals surface area contributed by atoms with Gasteiger partial charge in [-0.15, -0.1) is 11.6 Å². The van der Waals surface area contributed by atoms with Crippen LogP contribution in [0.15, 0.2) is 30.5 Å². The number of aromatic amines is 1. The summed E-state index contributed by atoms with van der Waals surface area (Å²) in [6, 6.07) is 6.39. The number of aromatic nitrogens is 2. The molecule has 1 aromatic heterocycles. The molecular formula is C16H17ClF3N3O2. The summed E-state index contributed by atoms with van der Waals surface area (Å²) in [6.45, 7) is 0.483. The Kier molecular flexibility index (Phi) is 6.30. The van der Waals surface area contributed by atoms with Gasteiger partial charge in [-0.3, -0.25) is 9.89 Å². The Morgan fingerprint density at radius 1 is 1.36 bits per heavy atom. The summed E-state index contributed by atoms with van der Waals surface area (Å²) in [7, 11) is 0. The van der Waals surface area contributed by atoms with Gasteiger partial charge in [0.2, 0.25) is 5.91 Å². The number of rotatable bonds is 7. The van der Waals surface area contributed by atoms with Crippen LogP contribution < -0.4 is 9.64 Å². The molecule has 2 rings (SSSR count). The predicted octanol–water partition coefficient (Wildman–Crippen LogP) is 3.69. The second-order valence-corrected chi connectivity index (χ2v) is 5.48. The third-order valence-electron chi connectivity index (χ3n) is 3.43. The van der Waals surface area contributed by atoms with Crippen molar-refractivity contribution in [2.24, 2.45) is 0 Å². The molecule has 0 fully saturated rings. The van der Waals surface area contributed by atoms with Gasteiger partial charge < -0.3 is 9.64 Å². The Morgan fingerprint density at radius 2 is 2.12 bits per heavy atom. The first-order valence-corrected chi connectivity index (χ1v) is 8.05. The molecule has 5 nitrogen and oxygen atoms in total. The van der Waals surface area contributed by atoms with Gasteiger partial charge in [0, 0.05) is 6.20 Å². The van der Waals surface area contributed by atoms with Crippen molar-refractivity contribution in [2.45, 2.75) is 26.1 Å². The fraction of sp³-hybridized carbons (Fsp3) is 0.375. The smallest absolute Gasteiger partial charge is 0.422 e. The minimum absolute atomic E-state index is 0.0188. The molecule has 0 spiro atoms. The first-order chi connectivity index (χ1) is 11.9. The lowest BCUT2D eigenvalue weighted by molar-refractivity contribution is -0.153. The van der Waals surface area contributed by atoms with Gasteiger partial charge in [0.05, 0.1) is 17.9 Å². The molecule has 0 unspecified atom stereocenters. The standard InChI is InChI=1S/C16H17ClF3N3O2/c1-2-11-4-3-5-13(25-10-16(18,19)20)15(11)23(14(24)8-17)9-12-6-7-21-22-12/h3-7H,2,8-10H2,1H3,(H,21,22). The zero-order chi connectivity index (χ0) is 18.4. The quantitative estimate of drug-likeness (QED) is 0.751. The number of hydrogen-bond acceptors (Lipinski definition) is 3. The van der Waals surface area contributed by atoms with Crippen LogP contribution in [0, 0.1) is 0 Å². The molecule has 1 amide bonds. The highest BCUT2D eigenvalue weighted by molar-refractivity contribution is 6.29. The lowest BCUT2D eigenvalue weighted by Crippen LogP contribution is -2.33. The second-order valence-electron chi connectivity index (χ2n) is 5.22.